The maximum atomic E-state index is 13.0. The smallest absolute Gasteiger partial charge is 0.306 e. The molecule has 0 spiro atoms. The van der Waals surface area contributed by atoms with Gasteiger partial charge < -0.3 is 14.2 Å². The maximum absolute atomic E-state index is 13.0. The van der Waals surface area contributed by atoms with Gasteiger partial charge in [0.1, 0.15) is 13.2 Å². The molecule has 1 atom stereocenters. The van der Waals surface area contributed by atoms with E-state index in [1.807, 2.05) is 0 Å². The van der Waals surface area contributed by atoms with Gasteiger partial charge in [-0.25, -0.2) is 0 Å². The Bertz CT molecular complexity index is 1250. The first kappa shape index (κ1) is 78.1. The van der Waals surface area contributed by atoms with Crippen molar-refractivity contribution in [1.29, 1.82) is 0 Å². The van der Waals surface area contributed by atoms with Crippen LogP contribution in [0, 0.1) is 0 Å². The second-order valence-corrected chi connectivity index (χ2v) is 25.2. The molecule has 6 nitrogen and oxygen atoms in total. The summed E-state index contributed by atoms with van der Waals surface area (Å²) in [4.78, 5) is 38.5. The molecule has 0 rings (SSSR count). The van der Waals surface area contributed by atoms with E-state index in [0.717, 1.165) is 64.2 Å². The van der Waals surface area contributed by atoms with Crippen LogP contribution in [0.5, 0.6) is 0 Å². The second-order valence-electron chi connectivity index (χ2n) is 25.2. The van der Waals surface area contributed by atoms with Crippen molar-refractivity contribution in [3.8, 4) is 0 Å². The third-order valence-corrected chi connectivity index (χ3v) is 17.0. The molecule has 474 valence electrons. The van der Waals surface area contributed by atoms with Gasteiger partial charge in [-0.15, -0.1) is 0 Å². The molecule has 0 aliphatic carbocycles. The predicted octanol–water partition coefficient (Wildman–Crippen LogP) is 25.2. The number of ether oxygens (including phenoxy) is 3. The third-order valence-electron chi connectivity index (χ3n) is 17.0. The summed E-state index contributed by atoms with van der Waals surface area (Å²) in [5.41, 5.74) is 0. The molecule has 0 saturated carbocycles. The Morgan fingerprint density at radius 3 is 0.625 bits per heavy atom. The highest BCUT2D eigenvalue weighted by Crippen LogP contribution is 2.19. The van der Waals surface area contributed by atoms with E-state index in [1.165, 1.54) is 321 Å². The largest absolute Gasteiger partial charge is 0.462 e. The predicted molar refractivity (Wildman–Crippen MR) is 349 cm³/mol. The van der Waals surface area contributed by atoms with Gasteiger partial charge in [-0.2, -0.15) is 0 Å². The van der Waals surface area contributed by atoms with E-state index in [-0.39, 0.29) is 31.1 Å². The summed E-state index contributed by atoms with van der Waals surface area (Å²) in [6.07, 6.45) is 84.0. The Kier molecular flexibility index (Phi) is 68.0. The van der Waals surface area contributed by atoms with Crippen molar-refractivity contribution in [2.24, 2.45) is 0 Å². The lowest BCUT2D eigenvalue weighted by Gasteiger charge is -2.18. The van der Waals surface area contributed by atoms with E-state index in [2.05, 4.69) is 32.9 Å². The molecule has 80 heavy (non-hydrogen) atoms. The van der Waals surface area contributed by atoms with Crippen LogP contribution >= 0.6 is 0 Å². The monoisotopic (exact) mass is 1130 g/mol. The van der Waals surface area contributed by atoms with Crippen LogP contribution in [0.1, 0.15) is 425 Å². The van der Waals surface area contributed by atoms with Crippen LogP contribution in [-0.2, 0) is 28.6 Å². The van der Waals surface area contributed by atoms with Crippen molar-refractivity contribution in [3.63, 3.8) is 0 Å². The molecule has 6 heteroatoms. The summed E-state index contributed by atoms with van der Waals surface area (Å²) in [7, 11) is 0. The fraction of sp³-hybridized carbons (Fsp3) is 0.932. The number of rotatable bonds is 69. The molecule has 0 fully saturated rings. The van der Waals surface area contributed by atoms with E-state index in [9.17, 15) is 14.4 Å². The van der Waals surface area contributed by atoms with Crippen molar-refractivity contribution < 1.29 is 28.6 Å². The van der Waals surface area contributed by atoms with Crippen LogP contribution in [0.2, 0.25) is 0 Å². The summed E-state index contributed by atoms with van der Waals surface area (Å²) < 4.78 is 17.0. The minimum atomic E-state index is -0.770. The molecule has 0 bridgehead atoms. The number of hydrogen-bond acceptors (Lipinski definition) is 6. The lowest BCUT2D eigenvalue weighted by atomic mass is 10.0. The molecule has 0 aromatic carbocycles. The van der Waals surface area contributed by atoms with Crippen molar-refractivity contribution in [1.82, 2.24) is 0 Å². The molecular weight excluding hydrogens is 985 g/mol. The average Bonchev–Trinajstić information content (AvgIpc) is 3.46. The highest BCUT2D eigenvalue weighted by atomic mass is 16.6. The number of allylic oxidation sites excluding steroid dienone is 2. The van der Waals surface area contributed by atoms with Crippen molar-refractivity contribution in [2.45, 2.75) is 431 Å². The van der Waals surface area contributed by atoms with Crippen molar-refractivity contribution in [2.75, 3.05) is 13.2 Å². The number of esters is 3. The highest BCUT2D eigenvalue weighted by Gasteiger charge is 2.20. The summed E-state index contributed by atoms with van der Waals surface area (Å²) >= 11 is 0. The van der Waals surface area contributed by atoms with Crippen LogP contribution in [0.25, 0.3) is 0 Å². The van der Waals surface area contributed by atoms with Crippen molar-refractivity contribution in [3.05, 3.63) is 12.2 Å². The molecule has 0 aromatic heterocycles. The third kappa shape index (κ3) is 66.9. The summed E-state index contributed by atoms with van der Waals surface area (Å²) in [6.45, 7) is 6.73. The van der Waals surface area contributed by atoms with Crippen LogP contribution in [-0.4, -0.2) is 37.2 Å². The molecule has 0 aromatic rings. The zero-order chi connectivity index (χ0) is 57.8. The molecule has 0 amide bonds. The fourth-order valence-corrected chi connectivity index (χ4v) is 11.5. The van der Waals surface area contributed by atoms with Gasteiger partial charge in [0.05, 0.1) is 0 Å². The fourth-order valence-electron chi connectivity index (χ4n) is 11.5. The first-order chi connectivity index (χ1) is 39.5. The molecule has 0 aliphatic heterocycles. The highest BCUT2D eigenvalue weighted by molar-refractivity contribution is 5.71. The topological polar surface area (TPSA) is 78.9 Å². The van der Waals surface area contributed by atoms with Gasteiger partial charge in [-0.1, -0.05) is 373 Å². The number of unbranched alkanes of at least 4 members (excludes halogenated alkanes) is 56. The Morgan fingerprint density at radius 2 is 0.412 bits per heavy atom. The van der Waals surface area contributed by atoms with E-state index < -0.39 is 6.10 Å². The number of carbonyl (C=O) groups is 3. The zero-order valence-corrected chi connectivity index (χ0v) is 54.6. The van der Waals surface area contributed by atoms with Gasteiger partial charge in [0.25, 0.3) is 0 Å². The first-order valence-corrected chi connectivity index (χ1v) is 36.7. The Balaban J connectivity index is 4.22. The molecule has 0 radical (unpaired) electrons. The van der Waals surface area contributed by atoms with Gasteiger partial charge in [0.2, 0.25) is 0 Å². The second kappa shape index (κ2) is 69.6. The molecule has 1 unspecified atom stereocenters. The molecule has 0 N–H and O–H groups in total. The van der Waals surface area contributed by atoms with Gasteiger partial charge >= 0.3 is 17.9 Å². The molecule has 0 heterocycles. The van der Waals surface area contributed by atoms with Crippen LogP contribution in [0.3, 0.4) is 0 Å². The SMILES string of the molecule is CCCCCCCC/C=C\CCCCCCCC(=O)OCC(COC(=O)CCCCCCCCCCCCCCCCCCCCCCCCCCCC)OC(=O)CCCCCCCCCCCCCCCCCCCCCCC. The van der Waals surface area contributed by atoms with Gasteiger partial charge in [0, 0.05) is 19.3 Å². The molecular formula is C74H142O6. The van der Waals surface area contributed by atoms with Crippen LogP contribution in [0.4, 0.5) is 0 Å². The zero-order valence-electron chi connectivity index (χ0n) is 54.6. The van der Waals surface area contributed by atoms with Crippen LogP contribution < -0.4 is 0 Å². The van der Waals surface area contributed by atoms with Gasteiger partial charge in [0.15, 0.2) is 6.10 Å². The Morgan fingerprint density at radius 1 is 0.237 bits per heavy atom. The standard InChI is InChI=1S/C74H142O6/c1-4-7-10-13-16-19-22-25-28-30-32-34-35-36-37-38-40-41-43-46-49-52-55-58-61-64-67-73(76)79-70-71(69-78-72(75)66-63-60-57-54-51-48-45-27-24-21-18-15-12-9-6-3)80-74(77)68-65-62-59-56-53-50-47-44-42-39-33-31-29-26-23-20-17-14-11-8-5-2/h27,45,71H,4-26,28-44,46-70H2,1-3H3/b45-27-. The quantitative estimate of drug-likeness (QED) is 0.0261. The normalized spacial score (nSPS) is 12.0. The first-order valence-electron chi connectivity index (χ1n) is 36.7. The Labute approximate surface area is 501 Å². The van der Waals surface area contributed by atoms with Crippen LogP contribution in [0.15, 0.2) is 12.2 Å². The average molecular weight is 1130 g/mol. The minimum absolute atomic E-state index is 0.0654. The van der Waals surface area contributed by atoms with E-state index >= 15 is 0 Å². The summed E-state index contributed by atoms with van der Waals surface area (Å²) in [5, 5.41) is 0. The van der Waals surface area contributed by atoms with E-state index in [4.69, 9.17) is 14.2 Å². The Hall–Kier alpha value is -1.85. The van der Waals surface area contributed by atoms with E-state index in [1.54, 1.807) is 0 Å². The van der Waals surface area contributed by atoms with Gasteiger partial charge in [-0.05, 0) is 44.9 Å². The number of carbonyl (C=O) groups excluding carboxylic acids is 3. The summed E-state index contributed by atoms with van der Waals surface area (Å²) in [5.74, 6) is -0.836. The number of hydrogen-bond donors (Lipinski definition) is 0. The minimum Gasteiger partial charge on any atom is -0.462 e. The molecule has 0 aliphatic rings. The maximum Gasteiger partial charge on any atom is 0.306 e. The molecule has 0 saturated heterocycles. The van der Waals surface area contributed by atoms with E-state index in [0.29, 0.717) is 19.3 Å². The summed E-state index contributed by atoms with van der Waals surface area (Å²) in [6, 6.07) is 0. The lowest BCUT2D eigenvalue weighted by molar-refractivity contribution is -0.167. The van der Waals surface area contributed by atoms with Crippen molar-refractivity contribution >= 4 is 17.9 Å². The van der Waals surface area contributed by atoms with Gasteiger partial charge in [-0.3, -0.25) is 14.4 Å². The lowest BCUT2D eigenvalue weighted by Crippen LogP contribution is -2.30.